The Labute approximate surface area is 95.7 Å². The van der Waals surface area contributed by atoms with Crippen LogP contribution in [0, 0.1) is 7.43 Å². The normalized spacial score (nSPS) is 13.1. The van der Waals surface area contributed by atoms with Crippen LogP contribution in [-0.4, -0.2) is 22.1 Å². The van der Waals surface area contributed by atoms with Crippen LogP contribution >= 0.6 is 0 Å². The maximum absolute atomic E-state index is 11.1. The summed E-state index contributed by atoms with van der Waals surface area (Å²) in [6.45, 7) is 0. The van der Waals surface area contributed by atoms with Crippen molar-refractivity contribution >= 4 is 11.8 Å². The van der Waals surface area contributed by atoms with Gasteiger partial charge in [-0.25, -0.2) is 0 Å². The molecule has 5 heteroatoms. The number of hydroxylamine groups is 2. The van der Waals surface area contributed by atoms with Crippen molar-refractivity contribution < 1.29 is 35.9 Å². The number of benzene rings is 1. The van der Waals surface area contributed by atoms with Gasteiger partial charge in [0, 0.05) is 21.1 Å². The number of hydrogen-bond acceptors (Lipinski definition) is 3. The minimum absolute atomic E-state index is 0. The molecular weight excluding hydrogens is 354 g/mol. The average Bonchev–Trinajstić information content (AvgIpc) is 2.33. The van der Waals surface area contributed by atoms with Crippen molar-refractivity contribution in [2.24, 2.45) is 0 Å². The molecule has 0 aromatic heterocycles. The summed E-state index contributed by atoms with van der Waals surface area (Å²) in [5, 5.41) is 9.05. The molecule has 1 aromatic carbocycles. The van der Waals surface area contributed by atoms with E-state index in [1.165, 1.54) is 12.1 Å². The predicted octanol–water partition coefficient (Wildman–Crippen LogP) is 1.12. The van der Waals surface area contributed by atoms with Gasteiger partial charge >= 0.3 is 0 Å². The van der Waals surface area contributed by atoms with Crippen LogP contribution < -0.4 is 0 Å². The standard InChI is InChI=1S/C8H5NO3.CH3.W/c10-7-5-3-1-2-4-6(5)8(11)9(7)12;;/h1-4,12H;1H3;/q;-1;. The number of rotatable bonds is 0. The molecule has 1 N–H and O–H groups in total. The molecule has 0 unspecified atom stereocenters. The Morgan fingerprint density at radius 1 is 1.00 bits per heavy atom. The fraction of sp³-hybridized carbons (Fsp3) is 0. The Bertz CT molecular complexity index is 343. The van der Waals surface area contributed by atoms with Crippen molar-refractivity contribution in [2.75, 3.05) is 0 Å². The molecule has 0 spiro atoms. The summed E-state index contributed by atoms with van der Waals surface area (Å²) in [5.74, 6) is -1.31. The number of nitrogens with zero attached hydrogens (tertiary/aromatic N) is 1. The summed E-state index contributed by atoms with van der Waals surface area (Å²) < 4.78 is 0. The van der Waals surface area contributed by atoms with E-state index in [9.17, 15) is 9.59 Å². The summed E-state index contributed by atoms with van der Waals surface area (Å²) in [4.78, 5) is 22.1. The van der Waals surface area contributed by atoms with Crippen molar-refractivity contribution in [3.8, 4) is 0 Å². The van der Waals surface area contributed by atoms with Crippen LogP contribution in [0.5, 0.6) is 0 Å². The minimum atomic E-state index is -0.657. The molecule has 0 bridgehead atoms. The zero-order chi connectivity index (χ0) is 8.72. The molecule has 0 fully saturated rings. The van der Waals surface area contributed by atoms with E-state index in [-0.39, 0.29) is 44.7 Å². The molecule has 4 nitrogen and oxygen atoms in total. The van der Waals surface area contributed by atoms with Crippen molar-refractivity contribution in [3.63, 3.8) is 0 Å². The third kappa shape index (κ3) is 1.63. The third-order valence-electron chi connectivity index (χ3n) is 1.77. The van der Waals surface area contributed by atoms with Gasteiger partial charge in [-0.15, -0.1) is 5.06 Å². The zero-order valence-electron chi connectivity index (χ0n) is 7.43. The Balaban J connectivity index is 0.000000845. The van der Waals surface area contributed by atoms with Crippen LogP contribution in [-0.2, 0) is 21.1 Å². The summed E-state index contributed by atoms with van der Waals surface area (Å²) in [7, 11) is 0. The van der Waals surface area contributed by atoms with Crippen LogP contribution in [0.4, 0.5) is 0 Å². The smallest absolute Gasteiger partial charge is 0.285 e. The van der Waals surface area contributed by atoms with Gasteiger partial charge in [0.25, 0.3) is 11.8 Å². The van der Waals surface area contributed by atoms with Crippen molar-refractivity contribution in [3.05, 3.63) is 42.8 Å². The Kier molecular flexibility index (Phi) is 4.17. The number of carbonyl (C=O) groups is 2. The van der Waals surface area contributed by atoms with E-state index in [0.717, 1.165) is 0 Å². The molecule has 14 heavy (non-hydrogen) atoms. The molecule has 0 aliphatic carbocycles. The van der Waals surface area contributed by atoms with E-state index in [1.54, 1.807) is 12.1 Å². The fourth-order valence-corrected chi connectivity index (χ4v) is 1.18. The molecular formula is C9H8NO3W-. The second-order valence-corrected chi connectivity index (χ2v) is 2.47. The summed E-state index contributed by atoms with van der Waals surface area (Å²) in [6.07, 6.45) is 0. The van der Waals surface area contributed by atoms with E-state index in [2.05, 4.69) is 0 Å². The molecule has 1 heterocycles. The van der Waals surface area contributed by atoms with Gasteiger partial charge in [0.2, 0.25) is 0 Å². The SMILES string of the molecule is O=C1c2ccccc2C(=O)N1O.[CH3-].[W]. The number of hydrogen-bond donors (Lipinski definition) is 1. The second kappa shape index (κ2) is 4.49. The Morgan fingerprint density at radius 3 is 1.71 bits per heavy atom. The number of imide groups is 1. The van der Waals surface area contributed by atoms with Crippen molar-refractivity contribution in [1.82, 2.24) is 5.06 Å². The fourth-order valence-electron chi connectivity index (χ4n) is 1.18. The third-order valence-corrected chi connectivity index (χ3v) is 1.77. The molecule has 0 saturated heterocycles. The number of fused-ring (bicyclic) bond motifs is 1. The summed E-state index contributed by atoms with van der Waals surface area (Å²) in [5.41, 5.74) is 0.509. The topological polar surface area (TPSA) is 57.6 Å². The first-order valence-corrected chi connectivity index (χ1v) is 3.38. The molecule has 0 atom stereocenters. The van der Waals surface area contributed by atoms with Crippen molar-refractivity contribution in [1.29, 1.82) is 0 Å². The van der Waals surface area contributed by atoms with E-state index in [1.807, 2.05) is 0 Å². The monoisotopic (exact) mass is 362 g/mol. The number of amides is 2. The molecule has 1 aliphatic heterocycles. The Morgan fingerprint density at radius 2 is 1.36 bits per heavy atom. The second-order valence-electron chi connectivity index (χ2n) is 2.47. The van der Waals surface area contributed by atoms with Gasteiger partial charge in [0.05, 0.1) is 11.1 Å². The maximum Gasteiger partial charge on any atom is 0.285 e. The molecule has 1 aliphatic rings. The van der Waals surface area contributed by atoms with E-state index in [0.29, 0.717) is 0 Å². The molecule has 0 saturated carbocycles. The van der Waals surface area contributed by atoms with Gasteiger partial charge in [-0.05, 0) is 12.1 Å². The van der Waals surface area contributed by atoms with Gasteiger partial charge in [0.1, 0.15) is 0 Å². The molecule has 2 rings (SSSR count). The summed E-state index contributed by atoms with van der Waals surface area (Å²) >= 11 is 0. The van der Waals surface area contributed by atoms with Crippen LogP contribution in [0.3, 0.4) is 0 Å². The number of carbonyl (C=O) groups excluding carboxylic acids is 2. The van der Waals surface area contributed by atoms with E-state index >= 15 is 0 Å². The van der Waals surface area contributed by atoms with Gasteiger partial charge in [0.15, 0.2) is 0 Å². The van der Waals surface area contributed by atoms with Gasteiger partial charge in [-0.3, -0.25) is 14.8 Å². The first-order valence-electron chi connectivity index (χ1n) is 3.38. The van der Waals surface area contributed by atoms with Gasteiger partial charge < -0.3 is 7.43 Å². The first-order chi connectivity index (χ1) is 5.72. The van der Waals surface area contributed by atoms with Crippen LogP contribution in [0.2, 0.25) is 0 Å². The van der Waals surface area contributed by atoms with Gasteiger partial charge in [-0.2, -0.15) is 0 Å². The zero-order valence-corrected chi connectivity index (χ0v) is 10.4. The van der Waals surface area contributed by atoms with Gasteiger partial charge in [-0.1, -0.05) is 12.1 Å². The largest absolute Gasteiger partial charge is 0.358 e. The molecule has 0 radical (unpaired) electrons. The molecule has 1 aromatic rings. The molecule has 74 valence electrons. The predicted molar refractivity (Wildman–Crippen MR) is 45.1 cm³/mol. The van der Waals surface area contributed by atoms with Crippen molar-refractivity contribution in [2.45, 2.75) is 0 Å². The minimum Gasteiger partial charge on any atom is -0.358 e. The van der Waals surface area contributed by atoms with Crippen LogP contribution in [0.15, 0.2) is 24.3 Å². The van der Waals surface area contributed by atoms with E-state index < -0.39 is 11.8 Å². The first kappa shape index (κ1) is 13.0. The van der Waals surface area contributed by atoms with Crippen LogP contribution in [0.25, 0.3) is 0 Å². The molecule has 2 amide bonds. The average molecular weight is 362 g/mol. The summed E-state index contributed by atoms with van der Waals surface area (Å²) in [6, 6.07) is 6.30. The van der Waals surface area contributed by atoms with Crippen LogP contribution in [0.1, 0.15) is 20.7 Å². The quantitative estimate of drug-likeness (QED) is 0.428. The Hall–Kier alpha value is -0.992. The maximum atomic E-state index is 11.1. The van der Waals surface area contributed by atoms with E-state index in [4.69, 9.17) is 5.21 Å².